The molecule has 0 unspecified atom stereocenters. The second-order valence-electron chi connectivity index (χ2n) is 5.39. The van der Waals surface area contributed by atoms with Gasteiger partial charge in [0, 0.05) is 0 Å². The molecule has 0 aromatic carbocycles. The minimum atomic E-state index is -0.591. The van der Waals surface area contributed by atoms with Crippen LogP contribution in [0.15, 0.2) is 0 Å². The van der Waals surface area contributed by atoms with Crippen molar-refractivity contribution in [2.75, 3.05) is 66.1 Å². The number of fused-ring (bicyclic) bond motifs is 1. The molecule has 1 aromatic rings. The molecule has 158 valence electrons. The third-order valence-electron chi connectivity index (χ3n) is 3.44. The molecule has 0 saturated carbocycles. The van der Waals surface area contributed by atoms with Gasteiger partial charge in [-0.25, -0.2) is 9.59 Å². The van der Waals surface area contributed by atoms with Crippen LogP contribution in [0.4, 0.5) is 0 Å². The molecule has 28 heavy (non-hydrogen) atoms. The average molecular weight is 418 g/mol. The third-order valence-corrected chi connectivity index (χ3v) is 4.55. The lowest BCUT2D eigenvalue weighted by Gasteiger charge is -2.12. The van der Waals surface area contributed by atoms with Crippen molar-refractivity contribution in [2.45, 2.75) is 13.8 Å². The Kier molecular flexibility index (Phi) is 10.0. The quantitative estimate of drug-likeness (QED) is 0.679. The van der Waals surface area contributed by atoms with Gasteiger partial charge in [-0.1, -0.05) is 0 Å². The number of hydrogen-bond donors (Lipinski definition) is 0. The first-order valence-corrected chi connectivity index (χ1v) is 10.0. The van der Waals surface area contributed by atoms with Crippen LogP contribution in [0.5, 0.6) is 11.5 Å². The van der Waals surface area contributed by atoms with Crippen molar-refractivity contribution >= 4 is 23.3 Å². The average Bonchev–Trinajstić information content (AvgIpc) is 3.03. The Bertz CT molecular complexity index is 578. The normalized spacial score (nSPS) is 16.5. The van der Waals surface area contributed by atoms with E-state index in [1.54, 1.807) is 13.8 Å². The fourth-order valence-corrected chi connectivity index (χ4v) is 3.25. The zero-order valence-electron chi connectivity index (χ0n) is 16.2. The highest BCUT2D eigenvalue weighted by molar-refractivity contribution is 7.16. The molecule has 2 rings (SSSR count). The van der Waals surface area contributed by atoms with E-state index in [-0.39, 0.29) is 60.9 Å². The first-order chi connectivity index (χ1) is 13.7. The molecule has 0 saturated heterocycles. The van der Waals surface area contributed by atoms with Crippen molar-refractivity contribution in [3.05, 3.63) is 9.75 Å². The van der Waals surface area contributed by atoms with Crippen LogP contribution in [0.2, 0.25) is 0 Å². The monoisotopic (exact) mass is 418 g/mol. The van der Waals surface area contributed by atoms with Crippen LogP contribution < -0.4 is 9.47 Å². The van der Waals surface area contributed by atoms with Crippen molar-refractivity contribution in [3.63, 3.8) is 0 Å². The summed E-state index contributed by atoms with van der Waals surface area (Å²) in [6.45, 7) is 6.40. The van der Waals surface area contributed by atoms with Gasteiger partial charge in [-0.05, 0) is 13.8 Å². The molecule has 0 bridgehead atoms. The van der Waals surface area contributed by atoms with E-state index in [9.17, 15) is 9.59 Å². The maximum Gasteiger partial charge on any atom is 0.352 e. The third kappa shape index (κ3) is 6.62. The van der Waals surface area contributed by atoms with Crippen LogP contribution in [-0.4, -0.2) is 78.0 Å². The summed E-state index contributed by atoms with van der Waals surface area (Å²) in [6, 6.07) is 0. The van der Waals surface area contributed by atoms with Crippen molar-refractivity contribution in [1.82, 2.24) is 0 Å². The highest BCUT2D eigenvalue weighted by Gasteiger charge is 2.31. The number of carbonyl (C=O) groups excluding carboxylic acids is 2. The van der Waals surface area contributed by atoms with Gasteiger partial charge in [-0.15, -0.1) is 11.3 Å². The van der Waals surface area contributed by atoms with Gasteiger partial charge in [0.1, 0.15) is 13.2 Å². The van der Waals surface area contributed by atoms with Crippen molar-refractivity contribution in [1.29, 1.82) is 0 Å². The van der Waals surface area contributed by atoms with Crippen LogP contribution in [-0.2, 0) is 23.7 Å². The summed E-state index contributed by atoms with van der Waals surface area (Å²) >= 11 is 0.925. The summed E-state index contributed by atoms with van der Waals surface area (Å²) in [5.74, 6) is -0.875. The predicted octanol–water partition coefficient (Wildman–Crippen LogP) is 1.92. The van der Waals surface area contributed by atoms with Gasteiger partial charge in [-0.3, -0.25) is 0 Å². The van der Waals surface area contributed by atoms with Gasteiger partial charge < -0.3 is 33.2 Å². The van der Waals surface area contributed by atoms with E-state index in [2.05, 4.69) is 0 Å². The molecule has 1 aliphatic rings. The van der Waals surface area contributed by atoms with Crippen molar-refractivity contribution in [2.24, 2.45) is 0 Å². The highest BCUT2D eigenvalue weighted by Crippen LogP contribution is 2.43. The van der Waals surface area contributed by atoms with Crippen molar-refractivity contribution in [3.8, 4) is 11.5 Å². The second kappa shape index (κ2) is 12.6. The summed E-state index contributed by atoms with van der Waals surface area (Å²) in [7, 11) is 0. The van der Waals surface area contributed by atoms with Crippen LogP contribution in [0, 0.1) is 0 Å². The Hall–Kier alpha value is -1.88. The van der Waals surface area contributed by atoms with Crippen molar-refractivity contribution < 1.29 is 42.7 Å². The lowest BCUT2D eigenvalue weighted by Crippen LogP contribution is -2.13. The summed E-state index contributed by atoms with van der Waals surface area (Å²) in [4.78, 5) is 25.0. The lowest BCUT2D eigenvalue weighted by molar-refractivity contribution is 0.00699. The van der Waals surface area contributed by atoms with Gasteiger partial charge in [0.2, 0.25) is 0 Å². The SMILES string of the molecule is CCOC(=O)c1sc(C(=O)OCC)c2c1OCCOCCOCCOCCO2. The molecule has 0 aliphatic carbocycles. The molecule has 0 atom stereocenters. The Morgan fingerprint density at radius 3 is 1.43 bits per heavy atom. The number of carbonyl (C=O) groups is 2. The molecular weight excluding hydrogens is 392 g/mol. The first kappa shape index (κ1) is 22.4. The molecular formula is C18H26O9S. The second-order valence-corrected chi connectivity index (χ2v) is 6.41. The smallest absolute Gasteiger partial charge is 0.352 e. The maximum atomic E-state index is 12.4. The number of hydrogen-bond acceptors (Lipinski definition) is 10. The van der Waals surface area contributed by atoms with Crippen LogP contribution in [0.1, 0.15) is 33.2 Å². The van der Waals surface area contributed by atoms with Crippen LogP contribution in [0.25, 0.3) is 0 Å². The largest absolute Gasteiger partial charge is 0.486 e. The van der Waals surface area contributed by atoms with E-state index >= 15 is 0 Å². The Morgan fingerprint density at radius 2 is 1.07 bits per heavy atom. The molecule has 9 nitrogen and oxygen atoms in total. The zero-order chi connectivity index (χ0) is 20.2. The first-order valence-electron chi connectivity index (χ1n) is 9.18. The molecule has 2 heterocycles. The molecule has 0 amide bonds. The van der Waals surface area contributed by atoms with E-state index in [0.717, 1.165) is 11.3 Å². The van der Waals surface area contributed by atoms with Gasteiger partial charge in [0.15, 0.2) is 21.3 Å². The van der Waals surface area contributed by atoms with Gasteiger partial charge in [-0.2, -0.15) is 0 Å². The zero-order valence-corrected chi connectivity index (χ0v) is 17.0. The summed E-state index contributed by atoms with van der Waals surface area (Å²) < 4.78 is 37.9. The van der Waals surface area contributed by atoms with Gasteiger partial charge >= 0.3 is 11.9 Å². The summed E-state index contributed by atoms with van der Waals surface area (Å²) in [5, 5.41) is 0. The summed E-state index contributed by atoms with van der Waals surface area (Å²) in [6.07, 6.45) is 0. The summed E-state index contributed by atoms with van der Waals surface area (Å²) in [5.41, 5.74) is 0. The Balaban J connectivity index is 2.30. The van der Waals surface area contributed by atoms with Crippen LogP contribution in [0.3, 0.4) is 0 Å². The topological polar surface area (TPSA) is 98.8 Å². The van der Waals surface area contributed by atoms with E-state index < -0.39 is 11.9 Å². The van der Waals surface area contributed by atoms with Gasteiger partial charge in [0.05, 0.1) is 52.9 Å². The number of thiophene rings is 1. The minimum Gasteiger partial charge on any atom is -0.486 e. The Morgan fingerprint density at radius 1 is 0.714 bits per heavy atom. The molecule has 0 radical (unpaired) electrons. The van der Waals surface area contributed by atoms with E-state index in [1.807, 2.05) is 0 Å². The molecule has 1 aromatic heterocycles. The highest BCUT2D eigenvalue weighted by atomic mass is 32.1. The minimum absolute atomic E-state index is 0.147. The molecule has 0 fully saturated rings. The fourth-order valence-electron chi connectivity index (χ4n) is 2.27. The number of ether oxygens (including phenoxy) is 7. The molecule has 1 aliphatic heterocycles. The molecule has 0 spiro atoms. The van der Waals surface area contributed by atoms with Crippen LogP contribution >= 0.6 is 11.3 Å². The number of rotatable bonds is 4. The van der Waals surface area contributed by atoms with E-state index in [4.69, 9.17) is 33.2 Å². The fraction of sp³-hybridized carbons (Fsp3) is 0.667. The number of esters is 2. The lowest BCUT2D eigenvalue weighted by atomic mass is 10.3. The van der Waals surface area contributed by atoms with E-state index in [1.165, 1.54) is 0 Å². The standard InChI is InChI=1S/C18H26O9S/c1-3-24-17(19)15-13-14(16(28-15)18(20)25-4-2)27-12-10-23-8-6-21-5-7-22-9-11-26-13/h3-12H2,1-2H3. The van der Waals surface area contributed by atoms with E-state index in [0.29, 0.717) is 26.4 Å². The van der Waals surface area contributed by atoms with Gasteiger partial charge in [0.25, 0.3) is 0 Å². The molecule has 0 N–H and O–H groups in total. The molecule has 10 heteroatoms. The maximum absolute atomic E-state index is 12.4. The Labute approximate surface area is 167 Å². The predicted molar refractivity (Wildman–Crippen MR) is 99.7 cm³/mol.